The van der Waals surface area contributed by atoms with Crippen LogP contribution in [-0.2, 0) is 12.6 Å². The lowest BCUT2D eigenvalue weighted by molar-refractivity contribution is -0.143. The Morgan fingerprint density at radius 2 is 1.97 bits per heavy atom. The predicted octanol–water partition coefficient (Wildman–Crippen LogP) is 5.00. The highest BCUT2D eigenvalue weighted by molar-refractivity contribution is 6.30. The van der Waals surface area contributed by atoms with E-state index in [9.17, 15) is 18.0 Å². The summed E-state index contributed by atoms with van der Waals surface area (Å²) in [6.45, 7) is 0.181. The van der Waals surface area contributed by atoms with Crippen LogP contribution in [0.25, 0.3) is 16.6 Å². The predicted molar refractivity (Wildman–Crippen MR) is 108 cm³/mol. The van der Waals surface area contributed by atoms with Crippen molar-refractivity contribution in [2.45, 2.75) is 12.6 Å². The zero-order valence-electron chi connectivity index (χ0n) is 15.5. The number of nitrogens with one attached hydrogen (secondary N) is 2. The number of carbonyl (C=O) groups is 1. The summed E-state index contributed by atoms with van der Waals surface area (Å²) in [6, 6.07) is 13.5. The molecule has 0 atom stereocenters. The standard InChI is InChI=1S/C21H16ClF3N4O/c22-14-4-3-5-15(10-14)29-19(21(23,24)25)17(12-28-29)20(30)26-9-8-13-11-27-18-7-2-1-6-16(13)18/h1-7,10-12,27H,8-9H2,(H,26,30). The molecule has 0 bridgehead atoms. The molecule has 0 radical (unpaired) electrons. The fourth-order valence-electron chi connectivity index (χ4n) is 3.34. The lowest BCUT2D eigenvalue weighted by atomic mass is 10.1. The molecule has 4 aromatic rings. The second kappa shape index (κ2) is 7.87. The number of hydrogen-bond donors (Lipinski definition) is 2. The molecule has 4 rings (SSSR count). The van der Waals surface area contributed by atoms with Crippen molar-refractivity contribution in [1.82, 2.24) is 20.1 Å². The van der Waals surface area contributed by atoms with Crippen LogP contribution < -0.4 is 5.32 Å². The molecule has 154 valence electrons. The van der Waals surface area contributed by atoms with Crippen LogP contribution in [0.3, 0.4) is 0 Å². The van der Waals surface area contributed by atoms with Crippen molar-refractivity contribution in [3.8, 4) is 5.69 Å². The van der Waals surface area contributed by atoms with Gasteiger partial charge in [0.05, 0.1) is 17.4 Å². The van der Waals surface area contributed by atoms with Gasteiger partial charge in [-0.2, -0.15) is 18.3 Å². The first-order valence-corrected chi connectivity index (χ1v) is 9.47. The van der Waals surface area contributed by atoms with E-state index in [0.29, 0.717) is 11.1 Å². The Bertz CT molecular complexity index is 1210. The quantitative estimate of drug-likeness (QED) is 0.466. The van der Waals surface area contributed by atoms with Crippen LogP contribution in [0.5, 0.6) is 0 Å². The minimum atomic E-state index is -4.78. The molecule has 2 aromatic heterocycles. The van der Waals surface area contributed by atoms with Crippen LogP contribution in [-0.4, -0.2) is 27.2 Å². The fourth-order valence-corrected chi connectivity index (χ4v) is 3.52. The van der Waals surface area contributed by atoms with Crippen molar-refractivity contribution in [3.05, 3.63) is 82.8 Å². The Kier molecular flexibility index (Phi) is 5.26. The number of amides is 1. The summed E-state index contributed by atoms with van der Waals surface area (Å²) in [6.07, 6.45) is -1.55. The van der Waals surface area contributed by atoms with Gasteiger partial charge in [0.25, 0.3) is 5.91 Å². The molecular weight excluding hydrogens is 417 g/mol. The topological polar surface area (TPSA) is 62.7 Å². The third-order valence-corrected chi connectivity index (χ3v) is 4.93. The largest absolute Gasteiger partial charge is 0.434 e. The lowest BCUT2D eigenvalue weighted by Gasteiger charge is -2.13. The van der Waals surface area contributed by atoms with Gasteiger partial charge in [0, 0.05) is 28.7 Å². The van der Waals surface area contributed by atoms with Gasteiger partial charge in [0.2, 0.25) is 0 Å². The number of fused-ring (bicyclic) bond motifs is 1. The van der Waals surface area contributed by atoms with Gasteiger partial charge in [-0.15, -0.1) is 0 Å². The fraction of sp³-hybridized carbons (Fsp3) is 0.143. The molecule has 30 heavy (non-hydrogen) atoms. The highest BCUT2D eigenvalue weighted by Gasteiger charge is 2.40. The zero-order chi connectivity index (χ0) is 21.3. The minimum Gasteiger partial charge on any atom is -0.361 e. The average molecular weight is 433 g/mol. The Balaban J connectivity index is 1.55. The van der Waals surface area contributed by atoms with Crippen LogP contribution in [0.15, 0.2) is 60.9 Å². The van der Waals surface area contributed by atoms with E-state index < -0.39 is 23.3 Å². The van der Waals surface area contributed by atoms with Gasteiger partial charge in [0.1, 0.15) is 0 Å². The Morgan fingerprint density at radius 1 is 1.17 bits per heavy atom. The molecule has 0 aliphatic heterocycles. The third kappa shape index (κ3) is 3.91. The normalized spacial score (nSPS) is 11.7. The summed E-state index contributed by atoms with van der Waals surface area (Å²) >= 11 is 5.89. The monoisotopic (exact) mass is 432 g/mol. The molecule has 2 N–H and O–H groups in total. The number of hydrogen-bond acceptors (Lipinski definition) is 2. The average Bonchev–Trinajstić information content (AvgIpc) is 3.33. The number of aromatic amines is 1. The molecular formula is C21H16ClF3N4O. The van der Waals surface area contributed by atoms with E-state index in [1.165, 1.54) is 18.2 Å². The smallest absolute Gasteiger partial charge is 0.361 e. The van der Waals surface area contributed by atoms with E-state index in [1.54, 1.807) is 6.07 Å². The molecule has 9 heteroatoms. The summed E-state index contributed by atoms with van der Waals surface area (Å²) in [4.78, 5) is 15.6. The Labute approximate surface area is 174 Å². The van der Waals surface area contributed by atoms with Gasteiger partial charge in [-0.25, -0.2) is 4.68 Å². The number of nitrogens with zero attached hydrogens (tertiary/aromatic N) is 2. The van der Waals surface area contributed by atoms with E-state index in [2.05, 4.69) is 15.4 Å². The maximum atomic E-state index is 13.7. The van der Waals surface area contributed by atoms with Crippen LogP contribution in [0, 0.1) is 0 Å². The third-order valence-electron chi connectivity index (χ3n) is 4.69. The van der Waals surface area contributed by atoms with E-state index in [0.717, 1.165) is 22.7 Å². The number of alkyl halides is 3. The second-order valence-electron chi connectivity index (χ2n) is 6.66. The summed E-state index contributed by atoms with van der Waals surface area (Å²) in [5, 5.41) is 7.62. The number of aromatic nitrogens is 3. The van der Waals surface area contributed by atoms with Crippen molar-refractivity contribution in [2.75, 3.05) is 6.54 Å². The molecule has 1 amide bonds. The first-order valence-electron chi connectivity index (χ1n) is 9.09. The van der Waals surface area contributed by atoms with Crippen molar-refractivity contribution in [2.24, 2.45) is 0 Å². The number of carbonyl (C=O) groups excluding carboxylic acids is 1. The highest BCUT2D eigenvalue weighted by Crippen LogP contribution is 2.34. The lowest BCUT2D eigenvalue weighted by Crippen LogP contribution is -2.28. The molecule has 2 aromatic carbocycles. The van der Waals surface area contributed by atoms with Gasteiger partial charge in [-0.3, -0.25) is 4.79 Å². The minimum absolute atomic E-state index is 0.118. The first kappa shape index (κ1) is 20.0. The Hall–Kier alpha value is -3.26. The summed E-state index contributed by atoms with van der Waals surface area (Å²) < 4.78 is 41.9. The number of halogens is 4. The summed E-state index contributed by atoms with van der Waals surface area (Å²) in [5.41, 5.74) is 0.362. The van der Waals surface area contributed by atoms with Crippen LogP contribution >= 0.6 is 11.6 Å². The molecule has 0 spiro atoms. The van der Waals surface area contributed by atoms with Crippen molar-refractivity contribution in [3.63, 3.8) is 0 Å². The summed E-state index contributed by atoms with van der Waals surface area (Å²) in [7, 11) is 0. The maximum absolute atomic E-state index is 13.7. The summed E-state index contributed by atoms with van der Waals surface area (Å²) in [5.74, 6) is -0.838. The van der Waals surface area contributed by atoms with Crippen LogP contribution in [0.4, 0.5) is 13.2 Å². The van der Waals surface area contributed by atoms with Crippen LogP contribution in [0.1, 0.15) is 21.6 Å². The van der Waals surface area contributed by atoms with Gasteiger partial charge < -0.3 is 10.3 Å². The van der Waals surface area contributed by atoms with Gasteiger partial charge in [0.15, 0.2) is 5.69 Å². The van der Waals surface area contributed by atoms with Crippen molar-refractivity contribution in [1.29, 1.82) is 0 Å². The van der Waals surface area contributed by atoms with Crippen molar-refractivity contribution < 1.29 is 18.0 Å². The molecule has 5 nitrogen and oxygen atoms in total. The molecule has 0 aliphatic rings. The SMILES string of the molecule is O=C(NCCc1c[nH]c2ccccc12)c1cnn(-c2cccc(Cl)c2)c1C(F)(F)F. The molecule has 0 saturated carbocycles. The van der Waals surface area contributed by atoms with Gasteiger partial charge in [-0.1, -0.05) is 35.9 Å². The molecule has 0 unspecified atom stereocenters. The van der Waals surface area contributed by atoms with E-state index >= 15 is 0 Å². The number of benzene rings is 2. The zero-order valence-corrected chi connectivity index (χ0v) is 16.3. The molecule has 0 fully saturated rings. The van der Waals surface area contributed by atoms with Crippen LogP contribution in [0.2, 0.25) is 5.02 Å². The number of H-pyrrole nitrogens is 1. The number of para-hydroxylation sites is 1. The molecule has 0 saturated heterocycles. The van der Waals surface area contributed by atoms with E-state index in [-0.39, 0.29) is 17.3 Å². The maximum Gasteiger partial charge on any atom is 0.434 e. The molecule has 0 aliphatic carbocycles. The first-order chi connectivity index (χ1) is 14.3. The van der Waals surface area contributed by atoms with Gasteiger partial charge in [-0.05, 0) is 36.2 Å². The van der Waals surface area contributed by atoms with E-state index in [1.807, 2.05) is 30.5 Å². The number of rotatable bonds is 5. The van der Waals surface area contributed by atoms with Gasteiger partial charge >= 0.3 is 6.18 Å². The molecule has 2 heterocycles. The van der Waals surface area contributed by atoms with Crippen molar-refractivity contribution >= 4 is 28.4 Å². The highest BCUT2D eigenvalue weighted by atomic mass is 35.5. The Morgan fingerprint density at radius 3 is 2.73 bits per heavy atom. The van der Waals surface area contributed by atoms with E-state index in [4.69, 9.17) is 11.6 Å². The second-order valence-corrected chi connectivity index (χ2v) is 7.10.